The highest BCUT2D eigenvalue weighted by atomic mass is 16.5. The fraction of sp³-hybridized carbons (Fsp3) is 0.375. The van der Waals surface area contributed by atoms with E-state index in [2.05, 4.69) is 51.0 Å². The number of imidazole rings is 1. The minimum atomic E-state index is 0.0337. The molecule has 0 spiro atoms. The summed E-state index contributed by atoms with van der Waals surface area (Å²) in [5.74, 6) is 1.86. The molecule has 152 valence electrons. The molecule has 0 amide bonds. The van der Waals surface area contributed by atoms with E-state index in [1.807, 2.05) is 30.7 Å². The summed E-state index contributed by atoms with van der Waals surface area (Å²) in [5, 5.41) is 0. The monoisotopic (exact) mass is 391 g/mol. The summed E-state index contributed by atoms with van der Waals surface area (Å²) in [7, 11) is 3.48. The molecule has 1 aromatic heterocycles. The molecule has 29 heavy (non-hydrogen) atoms. The molecule has 5 heteroatoms. The van der Waals surface area contributed by atoms with E-state index in [0.717, 1.165) is 50.4 Å². The summed E-state index contributed by atoms with van der Waals surface area (Å²) < 4.78 is 13.4. The average molecular weight is 392 g/mol. The number of para-hydroxylation sites is 2. The van der Waals surface area contributed by atoms with Crippen LogP contribution in [0.2, 0.25) is 0 Å². The Hall–Kier alpha value is -2.95. The van der Waals surface area contributed by atoms with Gasteiger partial charge in [0.25, 0.3) is 0 Å². The fourth-order valence-corrected chi connectivity index (χ4v) is 4.55. The van der Waals surface area contributed by atoms with E-state index < -0.39 is 0 Å². The molecule has 0 aliphatic carbocycles. The summed E-state index contributed by atoms with van der Waals surface area (Å²) in [6.07, 6.45) is 9.12. The van der Waals surface area contributed by atoms with E-state index in [-0.39, 0.29) is 5.41 Å². The third-order valence-electron chi connectivity index (χ3n) is 6.10. The molecule has 0 bridgehead atoms. The minimum absolute atomic E-state index is 0.0337. The van der Waals surface area contributed by atoms with Crippen LogP contribution in [-0.2, 0) is 12.0 Å². The Labute approximate surface area is 172 Å². The van der Waals surface area contributed by atoms with Crippen LogP contribution in [0.3, 0.4) is 0 Å². The molecule has 4 rings (SSSR count). The largest absolute Gasteiger partial charge is 0.497 e. The van der Waals surface area contributed by atoms with Crippen molar-refractivity contribution in [1.29, 1.82) is 0 Å². The maximum absolute atomic E-state index is 5.62. The molecule has 1 aliphatic rings. The molecule has 1 saturated heterocycles. The number of aromatic nitrogens is 2. The average Bonchev–Trinajstić information content (AvgIpc) is 3.19. The molecule has 0 saturated carbocycles. The number of rotatable bonds is 6. The quantitative estimate of drug-likeness (QED) is 0.619. The van der Waals surface area contributed by atoms with Gasteiger partial charge in [0, 0.05) is 37.4 Å². The van der Waals surface area contributed by atoms with Crippen molar-refractivity contribution in [2.75, 3.05) is 32.2 Å². The van der Waals surface area contributed by atoms with E-state index in [9.17, 15) is 0 Å². The van der Waals surface area contributed by atoms with Gasteiger partial charge >= 0.3 is 0 Å². The molecule has 1 aliphatic heterocycles. The van der Waals surface area contributed by atoms with Crippen molar-refractivity contribution < 1.29 is 9.47 Å². The fourth-order valence-electron chi connectivity index (χ4n) is 4.55. The first-order valence-electron chi connectivity index (χ1n) is 10.2. The lowest BCUT2D eigenvalue weighted by Crippen LogP contribution is -2.33. The summed E-state index contributed by atoms with van der Waals surface area (Å²) in [6.45, 7) is 2.92. The first kappa shape index (κ1) is 19.4. The van der Waals surface area contributed by atoms with Crippen LogP contribution in [0.1, 0.15) is 24.8 Å². The van der Waals surface area contributed by atoms with E-state index in [1.54, 1.807) is 14.2 Å². The Morgan fingerprint density at radius 2 is 1.90 bits per heavy atom. The first-order chi connectivity index (χ1) is 14.2. The number of nitrogens with zero attached hydrogens (tertiary/aromatic N) is 3. The Kier molecular flexibility index (Phi) is 5.74. The van der Waals surface area contributed by atoms with Gasteiger partial charge in [-0.05, 0) is 49.1 Å². The number of anilines is 1. The third kappa shape index (κ3) is 4.09. The highest BCUT2D eigenvalue weighted by Gasteiger charge is 2.35. The van der Waals surface area contributed by atoms with Gasteiger partial charge < -0.3 is 18.9 Å². The SMILES string of the molecule is COc1cccc(C2(Cn3ccnc3)CCCN(c3ccccc3OC)CC2)c1. The molecule has 2 heterocycles. The summed E-state index contributed by atoms with van der Waals surface area (Å²) >= 11 is 0. The van der Waals surface area contributed by atoms with Crippen LogP contribution in [0, 0.1) is 0 Å². The van der Waals surface area contributed by atoms with Gasteiger partial charge in [-0.25, -0.2) is 4.98 Å². The molecule has 3 aromatic rings. The van der Waals surface area contributed by atoms with Crippen LogP contribution in [0.25, 0.3) is 0 Å². The van der Waals surface area contributed by atoms with Crippen molar-refractivity contribution in [3.05, 3.63) is 72.8 Å². The molecule has 1 fully saturated rings. The standard InChI is InChI=1S/C24H29N3O2/c1-28-21-8-5-7-20(17-21)24(18-26-16-13-25-19-26)11-6-14-27(15-12-24)22-9-3-4-10-23(22)29-2/h3-5,7-10,13,16-17,19H,6,11-12,14-15,18H2,1-2H3. The van der Waals surface area contributed by atoms with Gasteiger partial charge in [0.15, 0.2) is 0 Å². The Bertz CT molecular complexity index is 925. The summed E-state index contributed by atoms with van der Waals surface area (Å²) in [6, 6.07) is 16.9. The molecule has 0 N–H and O–H groups in total. The molecule has 5 nitrogen and oxygen atoms in total. The second-order valence-corrected chi connectivity index (χ2v) is 7.76. The predicted molar refractivity (Wildman–Crippen MR) is 116 cm³/mol. The van der Waals surface area contributed by atoms with Crippen LogP contribution in [0.4, 0.5) is 5.69 Å². The van der Waals surface area contributed by atoms with Gasteiger partial charge in [0.05, 0.1) is 26.2 Å². The number of benzene rings is 2. The Morgan fingerprint density at radius 3 is 2.69 bits per heavy atom. The van der Waals surface area contributed by atoms with Crippen LogP contribution < -0.4 is 14.4 Å². The van der Waals surface area contributed by atoms with Gasteiger partial charge in [-0.2, -0.15) is 0 Å². The van der Waals surface area contributed by atoms with E-state index in [0.29, 0.717) is 0 Å². The van der Waals surface area contributed by atoms with Crippen LogP contribution >= 0.6 is 0 Å². The van der Waals surface area contributed by atoms with E-state index in [4.69, 9.17) is 9.47 Å². The number of ether oxygens (including phenoxy) is 2. The Balaban J connectivity index is 1.66. The second-order valence-electron chi connectivity index (χ2n) is 7.76. The summed E-state index contributed by atoms with van der Waals surface area (Å²) in [5.41, 5.74) is 2.55. The topological polar surface area (TPSA) is 39.5 Å². The molecule has 1 atom stereocenters. The smallest absolute Gasteiger partial charge is 0.142 e. The lowest BCUT2D eigenvalue weighted by Gasteiger charge is -2.34. The molecular formula is C24H29N3O2. The van der Waals surface area contributed by atoms with Crippen molar-refractivity contribution in [2.45, 2.75) is 31.2 Å². The predicted octanol–water partition coefficient (Wildman–Crippen LogP) is 4.53. The number of hydrogen-bond donors (Lipinski definition) is 0. The van der Waals surface area contributed by atoms with Crippen molar-refractivity contribution >= 4 is 5.69 Å². The molecule has 2 aromatic carbocycles. The van der Waals surface area contributed by atoms with Crippen molar-refractivity contribution in [3.63, 3.8) is 0 Å². The number of methoxy groups -OCH3 is 2. The van der Waals surface area contributed by atoms with Crippen LogP contribution in [0.5, 0.6) is 11.5 Å². The normalized spacial score (nSPS) is 19.6. The molecular weight excluding hydrogens is 362 g/mol. The van der Waals surface area contributed by atoms with Gasteiger partial charge in [0.2, 0.25) is 0 Å². The van der Waals surface area contributed by atoms with Crippen LogP contribution in [-0.4, -0.2) is 36.9 Å². The van der Waals surface area contributed by atoms with Crippen molar-refractivity contribution in [3.8, 4) is 11.5 Å². The van der Waals surface area contributed by atoms with Gasteiger partial charge in [-0.3, -0.25) is 0 Å². The van der Waals surface area contributed by atoms with Gasteiger partial charge in [-0.1, -0.05) is 24.3 Å². The second kappa shape index (κ2) is 8.60. The zero-order valence-electron chi connectivity index (χ0n) is 17.3. The Morgan fingerprint density at radius 1 is 1.00 bits per heavy atom. The first-order valence-corrected chi connectivity index (χ1v) is 10.2. The van der Waals surface area contributed by atoms with Crippen LogP contribution in [0.15, 0.2) is 67.3 Å². The zero-order chi connectivity index (χ0) is 20.1. The lowest BCUT2D eigenvalue weighted by molar-refractivity contribution is 0.323. The lowest BCUT2D eigenvalue weighted by atomic mass is 9.74. The highest BCUT2D eigenvalue weighted by Crippen LogP contribution is 2.40. The maximum atomic E-state index is 5.62. The molecule has 0 radical (unpaired) electrons. The van der Waals surface area contributed by atoms with E-state index >= 15 is 0 Å². The highest BCUT2D eigenvalue weighted by molar-refractivity contribution is 5.58. The maximum Gasteiger partial charge on any atom is 0.142 e. The van der Waals surface area contributed by atoms with Gasteiger partial charge in [-0.15, -0.1) is 0 Å². The van der Waals surface area contributed by atoms with Crippen molar-refractivity contribution in [1.82, 2.24) is 9.55 Å². The van der Waals surface area contributed by atoms with Gasteiger partial charge in [0.1, 0.15) is 11.5 Å². The minimum Gasteiger partial charge on any atom is -0.497 e. The zero-order valence-corrected chi connectivity index (χ0v) is 17.3. The van der Waals surface area contributed by atoms with E-state index in [1.165, 1.54) is 11.3 Å². The van der Waals surface area contributed by atoms with Crippen molar-refractivity contribution in [2.24, 2.45) is 0 Å². The third-order valence-corrected chi connectivity index (χ3v) is 6.10. The summed E-state index contributed by atoms with van der Waals surface area (Å²) in [4.78, 5) is 6.73. The number of hydrogen-bond acceptors (Lipinski definition) is 4. The molecule has 1 unspecified atom stereocenters.